The van der Waals surface area contributed by atoms with E-state index in [1.54, 1.807) is 36.5 Å². The number of aromatic nitrogens is 1. The van der Waals surface area contributed by atoms with Crippen molar-refractivity contribution in [2.75, 3.05) is 4.90 Å². The number of aryl methyl sites for hydroxylation is 1. The summed E-state index contributed by atoms with van der Waals surface area (Å²) in [7, 11) is 0. The quantitative estimate of drug-likeness (QED) is 0.715. The minimum absolute atomic E-state index is 0.308. The van der Waals surface area contributed by atoms with Gasteiger partial charge in [-0.3, -0.25) is 9.59 Å². The average molecular weight is 238 g/mol. The van der Waals surface area contributed by atoms with Crippen molar-refractivity contribution in [2.24, 2.45) is 0 Å². The fourth-order valence-corrected chi connectivity index (χ4v) is 2.05. The number of carbonyl (C=O) groups excluding carboxylic acids is 2. The monoisotopic (exact) mass is 238 g/mol. The number of anilines is 1. The van der Waals surface area contributed by atoms with Gasteiger partial charge in [-0.1, -0.05) is 17.7 Å². The molecule has 2 heterocycles. The van der Waals surface area contributed by atoms with E-state index in [0.717, 1.165) is 10.5 Å². The summed E-state index contributed by atoms with van der Waals surface area (Å²) in [5.74, 6) is -0.257. The Kier molecular flexibility index (Phi) is 2.23. The molecule has 18 heavy (non-hydrogen) atoms. The molecule has 0 bridgehead atoms. The van der Waals surface area contributed by atoms with Crippen molar-refractivity contribution in [2.45, 2.75) is 6.92 Å². The number of imide groups is 1. The minimum Gasteiger partial charge on any atom is -0.268 e. The standard InChI is InChI=1S/C14H10N2O2/c1-9-5-6-10-11(8-9)14(18)16(13(10)17)12-4-2-3-7-15-12/h2-8H,1H3. The van der Waals surface area contributed by atoms with Crippen molar-refractivity contribution in [3.63, 3.8) is 0 Å². The molecule has 0 N–H and O–H groups in total. The van der Waals surface area contributed by atoms with Gasteiger partial charge in [-0.25, -0.2) is 9.88 Å². The van der Waals surface area contributed by atoms with E-state index in [-0.39, 0.29) is 11.8 Å². The number of hydrogen-bond donors (Lipinski definition) is 0. The molecule has 2 aromatic rings. The number of nitrogens with zero attached hydrogens (tertiary/aromatic N) is 2. The SMILES string of the molecule is Cc1ccc2c(c1)C(=O)N(c1ccccn1)C2=O. The summed E-state index contributed by atoms with van der Waals surface area (Å²) in [6.45, 7) is 1.89. The van der Waals surface area contributed by atoms with Crippen molar-refractivity contribution in [3.8, 4) is 0 Å². The Labute approximate surface area is 104 Å². The molecule has 4 nitrogen and oxygen atoms in total. The van der Waals surface area contributed by atoms with Crippen molar-refractivity contribution < 1.29 is 9.59 Å². The van der Waals surface area contributed by atoms with Crippen molar-refractivity contribution in [3.05, 3.63) is 59.3 Å². The molecule has 0 saturated carbocycles. The molecular formula is C14H10N2O2. The molecule has 88 valence electrons. The van der Waals surface area contributed by atoms with Gasteiger partial charge in [-0.15, -0.1) is 0 Å². The molecule has 3 rings (SSSR count). The second-order valence-corrected chi connectivity index (χ2v) is 4.18. The Morgan fingerprint density at radius 2 is 1.78 bits per heavy atom. The Balaban J connectivity index is 2.13. The van der Waals surface area contributed by atoms with Crippen LogP contribution < -0.4 is 4.90 Å². The maximum absolute atomic E-state index is 12.2. The fraction of sp³-hybridized carbons (Fsp3) is 0.0714. The molecule has 0 spiro atoms. The van der Waals surface area contributed by atoms with Gasteiger partial charge in [0.05, 0.1) is 11.1 Å². The molecule has 4 heteroatoms. The van der Waals surface area contributed by atoms with Crippen LogP contribution in [-0.2, 0) is 0 Å². The number of rotatable bonds is 1. The van der Waals surface area contributed by atoms with Gasteiger partial charge in [0.2, 0.25) is 0 Å². The van der Waals surface area contributed by atoms with Crippen LogP contribution in [0.25, 0.3) is 0 Å². The molecule has 0 fully saturated rings. The van der Waals surface area contributed by atoms with Gasteiger partial charge in [-0.2, -0.15) is 0 Å². The molecule has 1 aromatic carbocycles. The predicted octanol–water partition coefficient (Wildman–Crippen LogP) is 2.19. The highest BCUT2D eigenvalue weighted by Gasteiger charge is 2.37. The van der Waals surface area contributed by atoms with Crippen LogP contribution in [0.15, 0.2) is 42.6 Å². The topological polar surface area (TPSA) is 50.3 Å². The average Bonchev–Trinajstić information content (AvgIpc) is 2.63. The molecule has 0 atom stereocenters. The third kappa shape index (κ3) is 1.43. The summed E-state index contributed by atoms with van der Waals surface area (Å²) in [6, 6.07) is 10.4. The third-order valence-corrected chi connectivity index (χ3v) is 2.92. The minimum atomic E-state index is -0.311. The Hall–Kier alpha value is -2.49. The van der Waals surface area contributed by atoms with E-state index in [1.807, 2.05) is 13.0 Å². The third-order valence-electron chi connectivity index (χ3n) is 2.92. The maximum atomic E-state index is 12.2. The number of carbonyl (C=O) groups is 2. The van der Waals surface area contributed by atoms with E-state index >= 15 is 0 Å². The summed E-state index contributed by atoms with van der Waals surface area (Å²) < 4.78 is 0. The highest BCUT2D eigenvalue weighted by molar-refractivity contribution is 6.34. The van der Waals surface area contributed by atoms with Gasteiger partial charge >= 0.3 is 0 Å². The molecule has 1 aliphatic heterocycles. The van der Waals surface area contributed by atoms with Gasteiger partial charge in [0.15, 0.2) is 0 Å². The molecule has 0 unspecified atom stereocenters. The summed E-state index contributed by atoms with van der Waals surface area (Å²) in [5, 5.41) is 0. The second-order valence-electron chi connectivity index (χ2n) is 4.18. The largest absolute Gasteiger partial charge is 0.268 e. The number of hydrogen-bond acceptors (Lipinski definition) is 3. The first-order valence-electron chi connectivity index (χ1n) is 5.59. The summed E-state index contributed by atoms with van der Waals surface area (Å²) in [5.41, 5.74) is 1.85. The van der Waals surface area contributed by atoms with Crippen LogP contribution in [0.4, 0.5) is 5.82 Å². The summed E-state index contributed by atoms with van der Waals surface area (Å²) >= 11 is 0. The van der Waals surface area contributed by atoms with Crippen molar-refractivity contribution >= 4 is 17.6 Å². The first-order valence-corrected chi connectivity index (χ1v) is 5.59. The molecule has 1 aromatic heterocycles. The zero-order valence-electron chi connectivity index (χ0n) is 9.75. The van der Waals surface area contributed by atoms with Crippen molar-refractivity contribution in [1.82, 2.24) is 4.98 Å². The van der Waals surface area contributed by atoms with E-state index in [9.17, 15) is 9.59 Å². The molecule has 1 aliphatic rings. The van der Waals surface area contributed by atoms with Crippen LogP contribution in [0, 0.1) is 6.92 Å². The lowest BCUT2D eigenvalue weighted by atomic mass is 10.1. The highest BCUT2D eigenvalue weighted by Crippen LogP contribution is 2.27. The van der Waals surface area contributed by atoms with Crippen LogP contribution in [0.5, 0.6) is 0 Å². The van der Waals surface area contributed by atoms with Gasteiger partial charge in [0.25, 0.3) is 11.8 Å². The van der Waals surface area contributed by atoms with E-state index in [2.05, 4.69) is 4.98 Å². The molecular weight excluding hydrogens is 228 g/mol. The van der Waals surface area contributed by atoms with E-state index in [0.29, 0.717) is 16.9 Å². The zero-order chi connectivity index (χ0) is 12.7. The van der Waals surface area contributed by atoms with E-state index < -0.39 is 0 Å². The smallest absolute Gasteiger partial charge is 0.267 e. The van der Waals surface area contributed by atoms with Crippen LogP contribution in [-0.4, -0.2) is 16.8 Å². The summed E-state index contributed by atoms with van der Waals surface area (Å²) in [4.78, 5) is 29.6. The van der Waals surface area contributed by atoms with Gasteiger partial charge in [0, 0.05) is 6.20 Å². The summed E-state index contributed by atoms with van der Waals surface area (Å²) in [6.07, 6.45) is 1.56. The molecule has 2 amide bonds. The van der Waals surface area contributed by atoms with Gasteiger partial charge in [0.1, 0.15) is 5.82 Å². The second kappa shape index (κ2) is 3.77. The molecule has 0 radical (unpaired) electrons. The fourth-order valence-electron chi connectivity index (χ4n) is 2.05. The number of pyridine rings is 1. The van der Waals surface area contributed by atoms with Crippen LogP contribution in [0.3, 0.4) is 0 Å². The lowest BCUT2D eigenvalue weighted by Gasteiger charge is -2.11. The van der Waals surface area contributed by atoms with Gasteiger partial charge < -0.3 is 0 Å². The van der Waals surface area contributed by atoms with Crippen LogP contribution in [0.2, 0.25) is 0 Å². The number of amides is 2. The Bertz CT molecular complexity index is 650. The predicted molar refractivity (Wildman–Crippen MR) is 66.6 cm³/mol. The number of fused-ring (bicyclic) bond motifs is 1. The number of benzene rings is 1. The molecule has 0 saturated heterocycles. The Morgan fingerprint density at radius 1 is 1.00 bits per heavy atom. The first kappa shape index (κ1) is 10.7. The first-order chi connectivity index (χ1) is 8.68. The lowest BCUT2D eigenvalue weighted by molar-refractivity contribution is 0.0925. The van der Waals surface area contributed by atoms with Crippen molar-refractivity contribution in [1.29, 1.82) is 0 Å². The zero-order valence-corrected chi connectivity index (χ0v) is 9.75. The molecule has 0 aliphatic carbocycles. The van der Waals surface area contributed by atoms with Crippen LogP contribution in [0.1, 0.15) is 26.3 Å². The lowest BCUT2D eigenvalue weighted by Crippen LogP contribution is -2.30. The van der Waals surface area contributed by atoms with Crippen LogP contribution >= 0.6 is 0 Å². The Morgan fingerprint density at radius 3 is 2.50 bits per heavy atom. The highest BCUT2D eigenvalue weighted by atomic mass is 16.2. The van der Waals surface area contributed by atoms with Gasteiger partial charge in [-0.05, 0) is 31.2 Å². The normalized spacial score (nSPS) is 13.9. The van der Waals surface area contributed by atoms with E-state index in [4.69, 9.17) is 0 Å². The maximum Gasteiger partial charge on any atom is 0.267 e. The van der Waals surface area contributed by atoms with E-state index in [1.165, 1.54) is 0 Å².